The van der Waals surface area contributed by atoms with Crippen molar-refractivity contribution >= 4 is 12.0 Å². The lowest BCUT2D eigenvalue weighted by molar-refractivity contribution is 0.0695. The monoisotopic (exact) mass is 204 g/mol. The molecule has 2 heteroatoms. The van der Waals surface area contributed by atoms with Crippen molar-refractivity contribution in [3.8, 4) is 0 Å². The quantitative estimate of drug-likeness (QED) is 0.818. The van der Waals surface area contributed by atoms with Crippen molar-refractivity contribution in [3.05, 3.63) is 41.0 Å². The molecule has 1 aromatic rings. The maximum atomic E-state index is 11.0. The second-order valence-corrected chi connectivity index (χ2v) is 3.38. The molecular formula is C13H16O2. The first-order valence-electron chi connectivity index (χ1n) is 5.16. The van der Waals surface area contributed by atoms with Crippen molar-refractivity contribution in [2.24, 2.45) is 0 Å². The molecule has 80 valence electrons. The fourth-order valence-electron chi connectivity index (χ4n) is 1.92. The van der Waals surface area contributed by atoms with Crippen LogP contribution in [-0.4, -0.2) is 11.1 Å². The van der Waals surface area contributed by atoms with Crippen LogP contribution >= 0.6 is 0 Å². The minimum atomic E-state index is -0.850. The van der Waals surface area contributed by atoms with Gasteiger partial charge in [0.2, 0.25) is 0 Å². The highest BCUT2D eigenvalue weighted by atomic mass is 16.4. The van der Waals surface area contributed by atoms with Gasteiger partial charge in [-0.2, -0.15) is 0 Å². The molecule has 0 aliphatic rings. The molecule has 15 heavy (non-hydrogen) atoms. The normalized spacial score (nSPS) is 10.0. The van der Waals surface area contributed by atoms with Crippen molar-refractivity contribution in [2.75, 3.05) is 0 Å². The van der Waals surface area contributed by atoms with E-state index >= 15 is 0 Å². The predicted octanol–water partition coefficient (Wildman–Crippen LogP) is 3.15. The molecule has 0 heterocycles. The molecule has 0 atom stereocenters. The van der Waals surface area contributed by atoms with Gasteiger partial charge in [-0.1, -0.05) is 32.6 Å². The zero-order chi connectivity index (χ0) is 11.4. The van der Waals surface area contributed by atoms with Crippen LogP contribution in [-0.2, 0) is 12.8 Å². The van der Waals surface area contributed by atoms with E-state index in [0.29, 0.717) is 5.56 Å². The van der Waals surface area contributed by atoms with E-state index in [2.05, 4.69) is 6.58 Å². The first kappa shape index (κ1) is 11.5. The Labute approximate surface area is 90.3 Å². The summed E-state index contributed by atoms with van der Waals surface area (Å²) in [4.78, 5) is 11.0. The van der Waals surface area contributed by atoms with E-state index < -0.39 is 5.97 Å². The van der Waals surface area contributed by atoms with Crippen LogP contribution in [0.3, 0.4) is 0 Å². The molecule has 0 aromatic heterocycles. The van der Waals surface area contributed by atoms with E-state index in [1.165, 1.54) is 0 Å². The zero-order valence-corrected chi connectivity index (χ0v) is 9.21. The average Bonchev–Trinajstić information content (AvgIpc) is 2.26. The SMILES string of the molecule is C=Cc1ccc(C(=O)O)c(CC)c1CC. The van der Waals surface area contributed by atoms with Crippen molar-refractivity contribution in [1.29, 1.82) is 0 Å². The lowest BCUT2D eigenvalue weighted by atomic mass is 9.92. The van der Waals surface area contributed by atoms with Gasteiger partial charge in [0.05, 0.1) is 5.56 Å². The summed E-state index contributed by atoms with van der Waals surface area (Å²) in [6.45, 7) is 7.76. The highest BCUT2D eigenvalue weighted by Gasteiger charge is 2.13. The second kappa shape index (κ2) is 4.78. The van der Waals surface area contributed by atoms with Gasteiger partial charge in [-0.25, -0.2) is 4.79 Å². The highest BCUT2D eigenvalue weighted by molar-refractivity contribution is 5.90. The summed E-state index contributed by atoms with van der Waals surface area (Å²) in [5, 5.41) is 9.05. The third-order valence-electron chi connectivity index (χ3n) is 2.62. The largest absolute Gasteiger partial charge is 0.478 e. The minimum absolute atomic E-state index is 0.417. The van der Waals surface area contributed by atoms with E-state index in [0.717, 1.165) is 29.5 Å². The first-order valence-corrected chi connectivity index (χ1v) is 5.16. The molecule has 0 unspecified atom stereocenters. The van der Waals surface area contributed by atoms with E-state index in [1.807, 2.05) is 19.9 Å². The number of aromatic carboxylic acids is 1. The van der Waals surface area contributed by atoms with Gasteiger partial charge in [-0.15, -0.1) is 0 Å². The Morgan fingerprint density at radius 2 is 1.93 bits per heavy atom. The van der Waals surface area contributed by atoms with Crippen LogP contribution in [0.1, 0.15) is 40.9 Å². The Morgan fingerprint density at radius 3 is 2.33 bits per heavy atom. The van der Waals surface area contributed by atoms with Gasteiger partial charge < -0.3 is 5.11 Å². The summed E-state index contributed by atoms with van der Waals surface area (Å²) in [5.74, 6) is -0.850. The number of carbonyl (C=O) groups is 1. The van der Waals surface area contributed by atoms with E-state index in [1.54, 1.807) is 12.1 Å². The maximum absolute atomic E-state index is 11.0. The fraction of sp³-hybridized carbons (Fsp3) is 0.308. The maximum Gasteiger partial charge on any atom is 0.335 e. The molecule has 0 saturated heterocycles. The lowest BCUT2D eigenvalue weighted by Crippen LogP contribution is -2.06. The molecule has 0 bridgehead atoms. The third-order valence-corrected chi connectivity index (χ3v) is 2.62. The smallest absolute Gasteiger partial charge is 0.335 e. The minimum Gasteiger partial charge on any atom is -0.478 e. The van der Waals surface area contributed by atoms with Crippen LogP contribution in [0, 0.1) is 0 Å². The van der Waals surface area contributed by atoms with Crippen molar-refractivity contribution in [3.63, 3.8) is 0 Å². The second-order valence-electron chi connectivity index (χ2n) is 3.38. The zero-order valence-electron chi connectivity index (χ0n) is 9.21. The number of carboxylic acids is 1. The lowest BCUT2D eigenvalue weighted by Gasteiger charge is -2.12. The number of hydrogen-bond acceptors (Lipinski definition) is 1. The van der Waals surface area contributed by atoms with Gasteiger partial charge >= 0.3 is 5.97 Å². The van der Waals surface area contributed by atoms with E-state index in [9.17, 15) is 4.79 Å². The average molecular weight is 204 g/mol. The van der Waals surface area contributed by atoms with Crippen molar-refractivity contribution in [2.45, 2.75) is 26.7 Å². The molecule has 1 aromatic carbocycles. The van der Waals surface area contributed by atoms with Gasteiger partial charge in [-0.05, 0) is 35.6 Å². The summed E-state index contributed by atoms with van der Waals surface area (Å²) in [5.41, 5.74) is 3.49. The fourth-order valence-corrected chi connectivity index (χ4v) is 1.92. The van der Waals surface area contributed by atoms with Crippen LogP contribution in [0.15, 0.2) is 18.7 Å². The Morgan fingerprint density at radius 1 is 1.33 bits per heavy atom. The van der Waals surface area contributed by atoms with Crippen LogP contribution in [0.5, 0.6) is 0 Å². The van der Waals surface area contributed by atoms with Gasteiger partial charge in [0.1, 0.15) is 0 Å². The van der Waals surface area contributed by atoms with Crippen molar-refractivity contribution in [1.82, 2.24) is 0 Å². The molecule has 2 nitrogen and oxygen atoms in total. The molecule has 0 aliphatic heterocycles. The Bertz CT molecular complexity index is 392. The Balaban J connectivity index is 3.47. The third kappa shape index (κ3) is 2.09. The number of hydrogen-bond donors (Lipinski definition) is 1. The molecular weight excluding hydrogens is 188 g/mol. The summed E-state index contributed by atoms with van der Waals surface area (Å²) in [7, 11) is 0. The van der Waals surface area contributed by atoms with E-state index in [4.69, 9.17) is 5.11 Å². The molecule has 1 N–H and O–H groups in total. The molecule has 1 rings (SSSR count). The number of benzene rings is 1. The molecule has 0 radical (unpaired) electrons. The first-order chi connectivity index (χ1) is 7.15. The summed E-state index contributed by atoms with van der Waals surface area (Å²) in [6.07, 6.45) is 3.36. The number of rotatable bonds is 4. The molecule has 0 spiro atoms. The van der Waals surface area contributed by atoms with Crippen LogP contribution in [0.25, 0.3) is 6.08 Å². The van der Waals surface area contributed by atoms with Crippen LogP contribution in [0.2, 0.25) is 0 Å². The molecule has 0 saturated carbocycles. The van der Waals surface area contributed by atoms with Gasteiger partial charge in [0, 0.05) is 0 Å². The van der Waals surface area contributed by atoms with Gasteiger partial charge in [0.25, 0.3) is 0 Å². The van der Waals surface area contributed by atoms with E-state index in [-0.39, 0.29) is 0 Å². The molecule has 0 aliphatic carbocycles. The Kier molecular flexibility index (Phi) is 3.67. The molecule has 0 amide bonds. The van der Waals surface area contributed by atoms with Gasteiger partial charge in [0.15, 0.2) is 0 Å². The summed E-state index contributed by atoms with van der Waals surface area (Å²) >= 11 is 0. The highest BCUT2D eigenvalue weighted by Crippen LogP contribution is 2.22. The number of carboxylic acid groups (broad SMARTS) is 1. The van der Waals surface area contributed by atoms with Crippen molar-refractivity contribution < 1.29 is 9.90 Å². The molecule has 0 fully saturated rings. The Hall–Kier alpha value is -1.57. The van der Waals surface area contributed by atoms with Crippen LogP contribution < -0.4 is 0 Å². The van der Waals surface area contributed by atoms with Crippen LogP contribution in [0.4, 0.5) is 0 Å². The summed E-state index contributed by atoms with van der Waals surface area (Å²) in [6, 6.07) is 3.49. The standard InChI is InChI=1S/C13H16O2/c1-4-9-7-8-12(13(14)15)11(6-3)10(9)5-2/h4,7-8H,1,5-6H2,2-3H3,(H,14,15). The summed E-state index contributed by atoms with van der Waals surface area (Å²) < 4.78 is 0. The van der Waals surface area contributed by atoms with Gasteiger partial charge in [-0.3, -0.25) is 0 Å². The predicted molar refractivity (Wildman–Crippen MR) is 62.2 cm³/mol. The topological polar surface area (TPSA) is 37.3 Å².